The van der Waals surface area contributed by atoms with Crippen molar-refractivity contribution in [3.63, 3.8) is 0 Å². The van der Waals surface area contributed by atoms with Crippen LogP contribution in [0.4, 0.5) is 0 Å². The highest BCUT2D eigenvalue weighted by atomic mass is 16.6. The molecule has 0 aliphatic carbocycles. The molecule has 3 N–H and O–H groups in total. The summed E-state index contributed by atoms with van der Waals surface area (Å²) in [6, 6.07) is 0.546. The number of nitrogens with two attached hydrogens (primary N) is 1. The van der Waals surface area contributed by atoms with Gasteiger partial charge in [-0.3, -0.25) is 5.41 Å². The lowest BCUT2D eigenvalue weighted by Gasteiger charge is -2.42. The van der Waals surface area contributed by atoms with E-state index >= 15 is 0 Å². The smallest absolute Gasteiger partial charge is 0.0951 e. The summed E-state index contributed by atoms with van der Waals surface area (Å²) in [5.74, 6) is 0.277. The fourth-order valence-electron chi connectivity index (χ4n) is 3.04. The third-order valence-corrected chi connectivity index (χ3v) is 4.13. The predicted molar refractivity (Wildman–Crippen MR) is 70.9 cm³/mol. The Bertz CT molecular complexity index is 290. The average molecular weight is 255 g/mol. The summed E-state index contributed by atoms with van der Waals surface area (Å²) in [7, 11) is 0. The maximum Gasteiger partial charge on any atom is 0.0951 e. The largest absolute Gasteiger partial charge is 0.388 e. The van der Waals surface area contributed by atoms with Gasteiger partial charge in [-0.1, -0.05) is 6.92 Å². The highest BCUT2D eigenvalue weighted by Gasteiger charge is 2.42. The maximum absolute atomic E-state index is 7.34. The van der Waals surface area contributed by atoms with Gasteiger partial charge in [0, 0.05) is 38.6 Å². The minimum absolute atomic E-state index is 0.0352. The monoisotopic (exact) mass is 255 g/mol. The second kappa shape index (κ2) is 5.99. The Morgan fingerprint density at radius 3 is 2.94 bits per heavy atom. The Labute approximate surface area is 109 Å². The standard InChI is InChI=1S/C13H25N3O2/c1-2-16(6-3-12(14)15)11-4-7-18-13(9-11)5-8-17-10-13/h11H,2-10H2,1H3,(H3,14,15). The number of rotatable bonds is 5. The third kappa shape index (κ3) is 3.22. The molecule has 1 spiro atoms. The van der Waals surface area contributed by atoms with E-state index in [1.54, 1.807) is 0 Å². The molecule has 2 saturated heterocycles. The molecule has 0 radical (unpaired) electrons. The van der Waals surface area contributed by atoms with Gasteiger partial charge >= 0.3 is 0 Å². The van der Waals surface area contributed by atoms with Crippen LogP contribution in [0, 0.1) is 5.41 Å². The summed E-state index contributed by atoms with van der Waals surface area (Å²) in [5.41, 5.74) is 5.42. The van der Waals surface area contributed by atoms with Crippen LogP contribution in [0.1, 0.15) is 32.6 Å². The molecule has 5 nitrogen and oxygen atoms in total. The zero-order chi connectivity index (χ0) is 13.0. The number of hydrogen-bond donors (Lipinski definition) is 2. The van der Waals surface area contributed by atoms with E-state index in [-0.39, 0.29) is 11.4 Å². The molecule has 2 heterocycles. The lowest BCUT2D eigenvalue weighted by atomic mass is 9.88. The Kier molecular flexibility index (Phi) is 4.59. The Morgan fingerprint density at radius 2 is 2.33 bits per heavy atom. The van der Waals surface area contributed by atoms with Gasteiger partial charge in [-0.15, -0.1) is 0 Å². The molecular weight excluding hydrogens is 230 g/mol. The van der Waals surface area contributed by atoms with Gasteiger partial charge in [0.25, 0.3) is 0 Å². The van der Waals surface area contributed by atoms with Crippen molar-refractivity contribution in [1.29, 1.82) is 5.41 Å². The lowest BCUT2D eigenvalue weighted by molar-refractivity contribution is -0.105. The number of ether oxygens (including phenoxy) is 2. The Morgan fingerprint density at radius 1 is 1.50 bits per heavy atom. The summed E-state index contributed by atoms with van der Waals surface area (Å²) in [5, 5.41) is 7.34. The predicted octanol–water partition coefficient (Wildman–Crippen LogP) is 0.972. The highest BCUT2D eigenvalue weighted by molar-refractivity contribution is 5.76. The summed E-state index contributed by atoms with van der Waals surface area (Å²) < 4.78 is 11.5. The Hall–Kier alpha value is -0.650. The topological polar surface area (TPSA) is 71.6 Å². The molecule has 2 aliphatic heterocycles. The quantitative estimate of drug-likeness (QED) is 0.567. The normalized spacial score (nSPS) is 32.2. The van der Waals surface area contributed by atoms with E-state index in [1.165, 1.54) is 0 Å². The van der Waals surface area contributed by atoms with Gasteiger partial charge in [-0.25, -0.2) is 0 Å². The summed E-state index contributed by atoms with van der Waals surface area (Å²) in [4.78, 5) is 2.43. The van der Waals surface area contributed by atoms with E-state index in [1.807, 2.05) is 0 Å². The van der Waals surface area contributed by atoms with Crippen molar-refractivity contribution in [3.05, 3.63) is 0 Å². The van der Waals surface area contributed by atoms with E-state index < -0.39 is 0 Å². The van der Waals surface area contributed by atoms with Gasteiger partial charge in [0.2, 0.25) is 0 Å². The summed E-state index contributed by atoms with van der Waals surface area (Å²) >= 11 is 0. The van der Waals surface area contributed by atoms with Gasteiger partial charge in [-0.05, 0) is 19.4 Å². The minimum Gasteiger partial charge on any atom is -0.388 e. The molecule has 0 saturated carbocycles. The zero-order valence-corrected chi connectivity index (χ0v) is 11.3. The molecule has 2 unspecified atom stereocenters. The van der Waals surface area contributed by atoms with Gasteiger partial charge < -0.3 is 20.1 Å². The van der Waals surface area contributed by atoms with Crippen LogP contribution in [0.2, 0.25) is 0 Å². The molecule has 104 valence electrons. The zero-order valence-electron chi connectivity index (χ0n) is 11.3. The summed E-state index contributed by atoms with van der Waals surface area (Å²) in [6.07, 6.45) is 3.81. The number of nitrogens with one attached hydrogen (secondary N) is 1. The minimum atomic E-state index is -0.0352. The van der Waals surface area contributed by atoms with Crippen molar-refractivity contribution in [2.24, 2.45) is 5.73 Å². The molecule has 0 amide bonds. The molecule has 2 rings (SSSR count). The van der Waals surface area contributed by atoms with Crippen LogP contribution in [0.5, 0.6) is 0 Å². The second-order valence-corrected chi connectivity index (χ2v) is 5.38. The highest BCUT2D eigenvalue weighted by Crippen LogP contribution is 2.34. The van der Waals surface area contributed by atoms with Crippen molar-refractivity contribution in [2.75, 3.05) is 32.9 Å². The van der Waals surface area contributed by atoms with Crippen LogP contribution in [-0.2, 0) is 9.47 Å². The molecule has 0 bridgehead atoms. The van der Waals surface area contributed by atoms with Crippen LogP contribution in [0.15, 0.2) is 0 Å². The van der Waals surface area contributed by atoms with Gasteiger partial charge in [0.1, 0.15) is 0 Å². The fraction of sp³-hybridized carbons (Fsp3) is 0.923. The molecular formula is C13H25N3O2. The van der Waals surface area contributed by atoms with Crippen LogP contribution >= 0.6 is 0 Å². The molecule has 0 aromatic carbocycles. The molecule has 2 atom stereocenters. The van der Waals surface area contributed by atoms with E-state index in [2.05, 4.69) is 11.8 Å². The molecule has 0 aromatic rings. The van der Waals surface area contributed by atoms with Crippen LogP contribution in [-0.4, -0.2) is 55.3 Å². The lowest BCUT2D eigenvalue weighted by Crippen LogP contribution is -2.49. The van der Waals surface area contributed by atoms with Crippen molar-refractivity contribution in [2.45, 2.75) is 44.2 Å². The van der Waals surface area contributed by atoms with E-state index in [0.717, 1.165) is 52.2 Å². The average Bonchev–Trinajstić information content (AvgIpc) is 2.78. The molecule has 5 heteroatoms. The first-order valence-corrected chi connectivity index (χ1v) is 6.94. The number of amidine groups is 1. The van der Waals surface area contributed by atoms with E-state index in [0.29, 0.717) is 12.5 Å². The molecule has 0 aromatic heterocycles. The van der Waals surface area contributed by atoms with Crippen molar-refractivity contribution >= 4 is 5.84 Å². The van der Waals surface area contributed by atoms with Gasteiger partial charge in [0.15, 0.2) is 0 Å². The van der Waals surface area contributed by atoms with Crippen molar-refractivity contribution in [1.82, 2.24) is 4.90 Å². The second-order valence-electron chi connectivity index (χ2n) is 5.38. The first-order valence-electron chi connectivity index (χ1n) is 6.94. The third-order valence-electron chi connectivity index (χ3n) is 4.13. The SMILES string of the molecule is CCN(CCC(=N)N)C1CCOC2(CCOC2)C1. The first kappa shape index (κ1) is 13.8. The first-order chi connectivity index (χ1) is 8.65. The number of nitrogens with zero attached hydrogens (tertiary/aromatic N) is 1. The molecule has 2 aliphatic rings. The van der Waals surface area contributed by atoms with Crippen LogP contribution in [0.25, 0.3) is 0 Å². The van der Waals surface area contributed by atoms with Crippen molar-refractivity contribution < 1.29 is 9.47 Å². The maximum atomic E-state index is 7.34. The van der Waals surface area contributed by atoms with Crippen LogP contribution in [0.3, 0.4) is 0 Å². The molecule has 18 heavy (non-hydrogen) atoms. The van der Waals surface area contributed by atoms with Gasteiger partial charge in [0.05, 0.1) is 18.0 Å². The summed E-state index contributed by atoms with van der Waals surface area (Å²) in [6.45, 7) is 6.46. The molecule has 2 fully saturated rings. The van der Waals surface area contributed by atoms with E-state index in [9.17, 15) is 0 Å². The van der Waals surface area contributed by atoms with Crippen molar-refractivity contribution in [3.8, 4) is 0 Å². The Balaban J connectivity index is 1.91. The number of hydrogen-bond acceptors (Lipinski definition) is 4. The fourth-order valence-corrected chi connectivity index (χ4v) is 3.04. The van der Waals surface area contributed by atoms with Crippen LogP contribution < -0.4 is 5.73 Å². The van der Waals surface area contributed by atoms with E-state index in [4.69, 9.17) is 20.6 Å². The van der Waals surface area contributed by atoms with Gasteiger partial charge in [-0.2, -0.15) is 0 Å².